The van der Waals surface area contributed by atoms with Crippen molar-refractivity contribution in [2.75, 3.05) is 36.8 Å². The summed E-state index contributed by atoms with van der Waals surface area (Å²) in [6.07, 6.45) is 2.10. The van der Waals surface area contributed by atoms with E-state index in [2.05, 4.69) is 31.2 Å². The molecule has 188 valence electrons. The van der Waals surface area contributed by atoms with Crippen LogP contribution in [0.2, 0.25) is 0 Å². The van der Waals surface area contributed by atoms with Gasteiger partial charge in [0.25, 0.3) is 0 Å². The summed E-state index contributed by atoms with van der Waals surface area (Å²) in [6.45, 7) is 2.85. The molecule has 0 bridgehead atoms. The van der Waals surface area contributed by atoms with Crippen molar-refractivity contribution in [2.24, 2.45) is 0 Å². The van der Waals surface area contributed by atoms with E-state index >= 15 is 0 Å². The molecule has 3 aromatic rings. The number of amides is 2. The van der Waals surface area contributed by atoms with Crippen LogP contribution in [0.4, 0.5) is 24.8 Å². The topological polar surface area (TPSA) is 108 Å². The number of nitrogens with zero attached hydrogens (tertiary/aromatic N) is 2. The van der Waals surface area contributed by atoms with Crippen molar-refractivity contribution in [2.45, 2.75) is 6.92 Å². The summed E-state index contributed by atoms with van der Waals surface area (Å²) in [5.41, 5.74) is 0.573. The Morgan fingerprint density at radius 1 is 0.833 bits per heavy atom. The smallest absolute Gasteiger partial charge is 0.244 e. The number of aromatic nitrogens is 2. The lowest BCUT2D eigenvalue weighted by atomic mass is 10.2. The molecule has 0 aliphatic heterocycles. The zero-order valence-electron chi connectivity index (χ0n) is 19.4. The molecule has 0 spiro atoms. The summed E-state index contributed by atoms with van der Waals surface area (Å²) in [5, 5.41) is 11.5. The van der Waals surface area contributed by atoms with Crippen LogP contribution in [-0.4, -0.2) is 48.0 Å². The summed E-state index contributed by atoms with van der Waals surface area (Å²) in [7, 11) is 0. The highest BCUT2D eigenvalue weighted by Crippen LogP contribution is 2.20. The molecule has 0 atom stereocenters. The van der Waals surface area contributed by atoms with Gasteiger partial charge in [-0.2, -0.15) is 0 Å². The van der Waals surface area contributed by atoms with Crippen LogP contribution in [0.3, 0.4) is 0 Å². The van der Waals surface area contributed by atoms with E-state index in [4.69, 9.17) is 0 Å². The standard InChI is InChI=1S/C25H25F3N6O2/c1-16(35)29-11-12-30-20-15-21(34-25(33-20)18-5-3-2-4-6-18)31-13-14-32-22(36)10-8-17-7-9-19(26)24(28)23(17)27/h2-10,15H,11-14H2,1H3,(H,29,35)(H,32,36)(H2,30,31,33,34). The van der Waals surface area contributed by atoms with Crippen molar-refractivity contribution in [3.05, 3.63) is 77.6 Å². The van der Waals surface area contributed by atoms with E-state index in [0.717, 1.165) is 29.8 Å². The maximum atomic E-state index is 13.7. The van der Waals surface area contributed by atoms with Crippen molar-refractivity contribution in [1.82, 2.24) is 20.6 Å². The number of carbonyl (C=O) groups is 2. The second-order valence-corrected chi connectivity index (χ2v) is 7.55. The summed E-state index contributed by atoms with van der Waals surface area (Å²) < 4.78 is 40.0. The van der Waals surface area contributed by atoms with Crippen LogP contribution in [0.15, 0.2) is 54.6 Å². The number of hydrogen-bond donors (Lipinski definition) is 4. The number of nitrogens with one attached hydrogen (secondary N) is 4. The molecule has 0 aliphatic rings. The molecule has 1 heterocycles. The molecule has 4 N–H and O–H groups in total. The Morgan fingerprint density at radius 3 is 2.11 bits per heavy atom. The number of halogens is 3. The highest BCUT2D eigenvalue weighted by molar-refractivity contribution is 5.91. The largest absolute Gasteiger partial charge is 0.368 e. The van der Waals surface area contributed by atoms with Gasteiger partial charge >= 0.3 is 0 Å². The third-order valence-electron chi connectivity index (χ3n) is 4.77. The first-order valence-electron chi connectivity index (χ1n) is 11.1. The van der Waals surface area contributed by atoms with Gasteiger partial charge in [0.05, 0.1) is 0 Å². The fraction of sp³-hybridized carbons (Fsp3) is 0.200. The molecule has 36 heavy (non-hydrogen) atoms. The highest BCUT2D eigenvalue weighted by Gasteiger charge is 2.11. The predicted molar refractivity (Wildman–Crippen MR) is 131 cm³/mol. The van der Waals surface area contributed by atoms with Crippen molar-refractivity contribution in [3.8, 4) is 11.4 Å². The second kappa shape index (κ2) is 12.9. The van der Waals surface area contributed by atoms with Gasteiger partial charge in [-0.25, -0.2) is 23.1 Å². The first-order valence-corrected chi connectivity index (χ1v) is 11.1. The summed E-state index contributed by atoms with van der Waals surface area (Å²) in [5.74, 6) is -3.36. The Morgan fingerprint density at radius 2 is 1.47 bits per heavy atom. The Kier molecular flexibility index (Phi) is 9.38. The Labute approximate surface area is 206 Å². The average molecular weight is 499 g/mol. The Bertz CT molecular complexity index is 1240. The van der Waals surface area contributed by atoms with Crippen molar-refractivity contribution < 1.29 is 22.8 Å². The third kappa shape index (κ3) is 7.83. The van der Waals surface area contributed by atoms with Crippen LogP contribution in [0.1, 0.15) is 12.5 Å². The molecule has 0 saturated carbocycles. The van der Waals surface area contributed by atoms with Crippen LogP contribution in [0.5, 0.6) is 0 Å². The lowest BCUT2D eigenvalue weighted by Crippen LogP contribution is -2.27. The molecule has 0 saturated heterocycles. The minimum Gasteiger partial charge on any atom is -0.368 e. The molecule has 0 aliphatic carbocycles. The fourth-order valence-electron chi connectivity index (χ4n) is 3.04. The monoisotopic (exact) mass is 498 g/mol. The van der Waals surface area contributed by atoms with E-state index < -0.39 is 23.4 Å². The minimum atomic E-state index is -1.59. The maximum absolute atomic E-state index is 13.7. The van der Waals surface area contributed by atoms with Crippen LogP contribution in [0.25, 0.3) is 17.5 Å². The summed E-state index contributed by atoms with van der Waals surface area (Å²) in [6, 6.07) is 12.9. The van der Waals surface area contributed by atoms with Gasteiger partial charge in [0.1, 0.15) is 11.6 Å². The first kappa shape index (κ1) is 26.2. The second-order valence-electron chi connectivity index (χ2n) is 7.55. The van der Waals surface area contributed by atoms with Gasteiger partial charge in [0.15, 0.2) is 23.3 Å². The van der Waals surface area contributed by atoms with E-state index in [1.807, 2.05) is 30.3 Å². The van der Waals surface area contributed by atoms with Gasteiger partial charge in [-0.3, -0.25) is 9.59 Å². The quantitative estimate of drug-likeness (QED) is 0.184. The molecule has 0 radical (unpaired) electrons. The average Bonchev–Trinajstić information content (AvgIpc) is 2.87. The zero-order chi connectivity index (χ0) is 25.9. The number of hydrogen-bond acceptors (Lipinski definition) is 6. The number of benzene rings is 2. The van der Waals surface area contributed by atoms with E-state index in [1.165, 1.54) is 6.92 Å². The van der Waals surface area contributed by atoms with Gasteiger partial charge in [-0.05, 0) is 18.2 Å². The maximum Gasteiger partial charge on any atom is 0.244 e. The molecule has 1 aromatic heterocycles. The highest BCUT2D eigenvalue weighted by atomic mass is 19.2. The molecule has 11 heteroatoms. The SMILES string of the molecule is CC(=O)NCCNc1cc(NCCNC(=O)C=Cc2ccc(F)c(F)c2F)nc(-c2ccccc2)n1. The van der Waals surface area contributed by atoms with Gasteiger partial charge in [-0.1, -0.05) is 30.3 Å². The van der Waals surface area contributed by atoms with Crippen LogP contribution in [0, 0.1) is 17.5 Å². The lowest BCUT2D eigenvalue weighted by Gasteiger charge is -2.12. The minimum absolute atomic E-state index is 0.126. The van der Waals surface area contributed by atoms with E-state index in [9.17, 15) is 22.8 Å². The van der Waals surface area contributed by atoms with Gasteiger partial charge in [0.2, 0.25) is 11.8 Å². The Balaban J connectivity index is 1.57. The number of rotatable bonds is 11. The van der Waals surface area contributed by atoms with Gasteiger partial charge in [0, 0.05) is 56.4 Å². The fourth-order valence-corrected chi connectivity index (χ4v) is 3.04. The van der Waals surface area contributed by atoms with Gasteiger partial charge < -0.3 is 21.3 Å². The molecule has 0 fully saturated rings. The van der Waals surface area contributed by atoms with Gasteiger partial charge in [-0.15, -0.1) is 0 Å². The van der Waals surface area contributed by atoms with Crippen LogP contribution >= 0.6 is 0 Å². The molecule has 2 amide bonds. The number of carbonyl (C=O) groups excluding carboxylic acids is 2. The van der Waals surface area contributed by atoms with Crippen molar-refractivity contribution in [1.29, 1.82) is 0 Å². The third-order valence-corrected chi connectivity index (χ3v) is 4.77. The molecular weight excluding hydrogens is 473 g/mol. The van der Waals surface area contributed by atoms with Crippen LogP contribution < -0.4 is 21.3 Å². The van der Waals surface area contributed by atoms with E-state index in [-0.39, 0.29) is 18.0 Å². The van der Waals surface area contributed by atoms with Crippen molar-refractivity contribution >= 4 is 29.5 Å². The predicted octanol–water partition coefficient (Wildman–Crippen LogP) is 3.35. The summed E-state index contributed by atoms with van der Waals surface area (Å²) in [4.78, 5) is 32.1. The zero-order valence-corrected chi connectivity index (χ0v) is 19.4. The molecular formula is C25H25F3N6O2. The molecule has 0 unspecified atom stereocenters. The van der Waals surface area contributed by atoms with E-state index in [0.29, 0.717) is 37.1 Å². The Hall–Kier alpha value is -4.41. The van der Waals surface area contributed by atoms with Crippen LogP contribution in [-0.2, 0) is 9.59 Å². The summed E-state index contributed by atoms with van der Waals surface area (Å²) >= 11 is 0. The first-order chi connectivity index (χ1) is 17.3. The van der Waals surface area contributed by atoms with E-state index in [1.54, 1.807) is 6.07 Å². The normalized spacial score (nSPS) is 10.8. The molecule has 8 nitrogen and oxygen atoms in total. The number of anilines is 2. The van der Waals surface area contributed by atoms with Crippen molar-refractivity contribution in [3.63, 3.8) is 0 Å². The molecule has 2 aromatic carbocycles. The lowest BCUT2D eigenvalue weighted by molar-refractivity contribution is -0.119. The molecule has 3 rings (SSSR count).